The molecule has 1 atom stereocenters. The minimum Gasteiger partial charge on any atom is -0.381 e. The first kappa shape index (κ1) is 13.9. The Hall–Kier alpha value is -1.14. The maximum atomic E-state index is 11.5. The average molecular weight is 243 g/mol. The van der Waals surface area contributed by atoms with Gasteiger partial charge in [-0.15, -0.1) is 0 Å². The van der Waals surface area contributed by atoms with Gasteiger partial charge in [0.15, 0.2) is 0 Å². The van der Waals surface area contributed by atoms with Crippen LogP contribution in [-0.4, -0.2) is 37.6 Å². The van der Waals surface area contributed by atoms with Gasteiger partial charge in [-0.25, -0.2) is 5.43 Å². The lowest BCUT2D eigenvalue weighted by Gasteiger charge is -2.09. The summed E-state index contributed by atoms with van der Waals surface area (Å²) in [5, 5.41) is 2.76. The molecule has 0 aromatic rings. The highest BCUT2D eigenvalue weighted by atomic mass is 16.5. The molecule has 3 N–H and O–H groups in total. The van der Waals surface area contributed by atoms with Crippen LogP contribution >= 0.6 is 0 Å². The standard InChI is InChI=1S/C11H21N3O3/c1-2-3-6-17-7-4-5-12-11(16)9-8-10(15)14-13-9/h9,13H,2-8H2,1H3,(H,12,16)(H,14,15). The van der Waals surface area contributed by atoms with Gasteiger partial charge in [-0.1, -0.05) is 13.3 Å². The molecule has 2 amide bonds. The van der Waals surface area contributed by atoms with Gasteiger partial charge in [0, 0.05) is 19.8 Å². The van der Waals surface area contributed by atoms with E-state index in [-0.39, 0.29) is 18.2 Å². The lowest BCUT2D eigenvalue weighted by atomic mass is 10.2. The van der Waals surface area contributed by atoms with Crippen LogP contribution in [0.15, 0.2) is 0 Å². The summed E-state index contributed by atoms with van der Waals surface area (Å²) in [6, 6.07) is -0.441. The van der Waals surface area contributed by atoms with E-state index in [1.165, 1.54) is 0 Å². The molecule has 98 valence electrons. The number of unbranched alkanes of at least 4 members (excludes halogenated alkanes) is 1. The van der Waals surface area contributed by atoms with Crippen molar-refractivity contribution in [2.45, 2.75) is 38.6 Å². The molecule has 1 saturated heterocycles. The van der Waals surface area contributed by atoms with E-state index in [9.17, 15) is 9.59 Å². The van der Waals surface area contributed by atoms with Crippen molar-refractivity contribution in [3.63, 3.8) is 0 Å². The van der Waals surface area contributed by atoms with Gasteiger partial charge in [0.1, 0.15) is 6.04 Å². The molecule has 0 aromatic carbocycles. The fourth-order valence-corrected chi connectivity index (χ4v) is 1.47. The van der Waals surface area contributed by atoms with Crippen molar-refractivity contribution in [1.29, 1.82) is 0 Å². The van der Waals surface area contributed by atoms with Crippen LogP contribution in [0.4, 0.5) is 0 Å². The van der Waals surface area contributed by atoms with Crippen molar-refractivity contribution < 1.29 is 14.3 Å². The molecule has 1 rings (SSSR count). The molecule has 17 heavy (non-hydrogen) atoms. The van der Waals surface area contributed by atoms with E-state index < -0.39 is 6.04 Å². The van der Waals surface area contributed by atoms with Crippen LogP contribution in [0.25, 0.3) is 0 Å². The van der Waals surface area contributed by atoms with Gasteiger partial charge < -0.3 is 10.1 Å². The number of hydrazine groups is 1. The third-order valence-electron chi connectivity index (χ3n) is 2.50. The number of carbonyl (C=O) groups is 2. The Morgan fingerprint density at radius 3 is 2.88 bits per heavy atom. The first-order chi connectivity index (χ1) is 8.24. The second kappa shape index (κ2) is 8.03. The van der Waals surface area contributed by atoms with Gasteiger partial charge in [0.05, 0.1) is 6.42 Å². The number of carbonyl (C=O) groups excluding carboxylic acids is 2. The molecule has 1 unspecified atom stereocenters. The first-order valence-electron chi connectivity index (χ1n) is 6.14. The van der Waals surface area contributed by atoms with Crippen LogP contribution in [0.3, 0.4) is 0 Å². The largest absolute Gasteiger partial charge is 0.381 e. The Bertz CT molecular complexity index is 258. The van der Waals surface area contributed by atoms with Crippen molar-refractivity contribution in [2.24, 2.45) is 0 Å². The highest BCUT2D eigenvalue weighted by Gasteiger charge is 2.26. The molecule has 1 aliphatic heterocycles. The number of nitrogens with one attached hydrogen (secondary N) is 3. The third-order valence-corrected chi connectivity index (χ3v) is 2.50. The van der Waals surface area contributed by atoms with E-state index >= 15 is 0 Å². The van der Waals surface area contributed by atoms with Gasteiger partial charge in [0.2, 0.25) is 11.8 Å². The van der Waals surface area contributed by atoms with Gasteiger partial charge in [-0.3, -0.25) is 15.0 Å². The fraction of sp³-hybridized carbons (Fsp3) is 0.818. The Kier molecular flexibility index (Phi) is 6.57. The predicted octanol–water partition coefficient (Wildman–Crippen LogP) is -0.297. The summed E-state index contributed by atoms with van der Waals surface area (Å²) in [4.78, 5) is 22.4. The molecule has 1 aliphatic rings. The van der Waals surface area contributed by atoms with Crippen LogP contribution in [-0.2, 0) is 14.3 Å². The first-order valence-corrected chi connectivity index (χ1v) is 6.14. The summed E-state index contributed by atoms with van der Waals surface area (Å²) >= 11 is 0. The molecular formula is C11H21N3O3. The molecule has 0 radical (unpaired) electrons. The minimum absolute atomic E-state index is 0.142. The maximum Gasteiger partial charge on any atom is 0.239 e. The fourth-order valence-electron chi connectivity index (χ4n) is 1.47. The van der Waals surface area contributed by atoms with Gasteiger partial charge in [0.25, 0.3) is 0 Å². The van der Waals surface area contributed by atoms with Crippen molar-refractivity contribution in [1.82, 2.24) is 16.2 Å². The molecule has 0 saturated carbocycles. The highest BCUT2D eigenvalue weighted by Crippen LogP contribution is 1.97. The summed E-state index contributed by atoms with van der Waals surface area (Å²) < 4.78 is 5.37. The number of amides is 2. The van der Waals surface area contributed by atoms with Crippen molar-refractivity contribution >= 4 is 11.8 Å². The predicted molar refractivity (Wildman–Crippen MR) is 63.0 cm³/mol. The molecule has 1 heterocycles. The summed E-state index contributed by atoms with van der Waals surface area (Å²) in [5.74, 6) is -0.287. The van der Waals surface area contributed by atoms with Crippen molar-refractivity contribution in [3.05, 3.63) is 0 Å². The van der Waals surface area contributed by atoms with Gasteiger partial charge >= 0.3 is 0 Å². The molecule has 1 fully saturated rings. The molecule has 6 nitrogen and oxygen atoms in total. The van der Waals surface area contributed by atoms with E-state index in [0.29, 0.717) is 13.2 Å². The third kappa shape index (κ3) is 5.65. The zero-order valence-electron chi connectivity index (χ0n) is 10.3. The summed E-state index contributed by atoms with van der Waals surface area (Å²) in [5.41, 5.74) is 5.03. The zero-order valence-corrected chi connectivity index (χ0v) is 10.3. The summed E-state index contributed by atoms with van der Waals surface area (Å²) in [6.07, 6.45) is 3.21. The van der Waals surface area contributed by atoms with E-state index in [1.54, 1.807) is 0 Å². The topological polar surface area (TPSA) is 79.5 Å². The van der Waals surface area contributed by atoms with Crippen LogP contribution in [0.1, 0.15) is 32.6 Å². The number of ether oxygens (including phenoxy) is 1. The van der Waals surface area contributed by atoms with Crippen LogP contribution in [0.2, 0.25) is 0 Å². The monoisotopic (exact) mass is 243 g/mol. The van der Waals surface area contributed by atoms with Crippen LogP contribution in [0.5, 0.6) is 0 Å². The highest BCUT2D eigenvalue weighted by molar-refractivity contribution is 5.90. The number of rotatable bonds is 8. The van der Waals surface area contributed by atoms with Gasteiger partial charge in [-0.05, 0) is 12.8 Å². The van der Waals surface area contributed by atoms with E-state index in [1.807, 2.05) is 0 Å². The molecule has 0 aliphatic carbocycles. The summed E-state index contributed by atoms with van der Waals surface area (Å²) in [7, 11) is 0. The molecule has 0 spiro atoms. The number of hydrogen-bond acceptors (Lipinski definition) is 4. The SMILES string of the molecule is CCCCOCCCNC(=O)C1CC(=O)NN1. The lowest BCUT2D eigenvalue weighted by Crippen LogP contribution is -2.43. The normalized spacial score (nSPS) is 19.1. The Morgan fingerprint density at radius 2 is 2.24 bits per heavy atom. The van der Waals surface area contributed by atoms with Crippen molar-refractivity contribution in [3.8, 4) is 0 Å². The van der Waals surface area contributed by atoms with E-state index in [0.717, 1.165) is 25.9 Å². The summed E-state index contributed by atoms with van der Waals surface area (Å²) in [6.45, 7) is 4.15. The zero-order chi connectivity index (χ0) is 12.5. The quantitative estimate of drug-likeness (QED) is 0.511. The minimum atomic E-state index is -0.441. The second-order valence-electron chi connectivity index (χ2n) is 4.06. The van der Waals surface area contributed by atoms with Crippen LogP contribution in [0, 0.1) is 0 Å². The van der Waals surface area contributed by atoms with Crippen molar-refractivity contribution in [2.75, 3.05) is 19.8 Å². The number of hydrogen-bond donors (Lipinski definition) is 3. The smallest absolute Gasteiger partial charge is 0.239 e. The maximum absolute atomic E-state index is 11.5. The lowest BCUT2D eigenvalue weighted by molar-refractivity contribution is -0.124. The second-order valence-corrected chi connectivity index (χ2v) is 4.06. The van der Waals surface area contributed by atoms with Gasteiger partial charge in [-0.2, -0.15) is 0 Å². The molecule has 6 heteroatoms. The molecular weight excluding hydrogens is 222 g/mol. The molecule has 0 bridgehead atoms. The van der Waals surface area contributed by atoms with E-state index in [4.69, 9.17) is 4.74 Å². The molecule has 0 aromatic heterocycles. The Morgan fingerprint density at radius 1 is 1.47 bits per heavy atom. The van der Waals surface area contributed by atoms with E-state index in [2.05, 4.69) is 23.1 Å². The van der Waals surface area contributed by atoms with Crippen LogP contribution < -0.4 is 16.2 Å². The Balaban J connectivity index is 1.95. The Labute approximate surface area is 101 Å². The average Bonchev–Trinajstić information content (AvgIpc) is 2.74.